The number of fused-ring (bicyclic) bond motifs is 1. The van der Waals surface area contributed by atoms with Crippen molar-refractivity contribution in [3.63, 3.8) is 0 Å². The number of ether oxygens (including phenoxy) is 1. The van der Waals surface area contributed by atoms with Gasteiger partial charge in [0.1, 0.15) is 12.4 Å². The Kier molecular flexibility index (Phi) is 4.23. The molecule has 0 radical (unpaired) electrons. The van der Waals surface area contributed by atoms with Crippen LogP contribution in [0, 0.1) is 0 Å². The molecule has 0 aromatic heterocycles. The quantitative estimate of drug-likeness (QED) is 0.746. The molecule has 0 fully saturated rings. The average molecular weight is 343 g/mol. The number of hydrogen-bond acceptors (Lipinski definition) is 2. The molecule has 1 N–H and O–H groups in total. The van der Waals surface area contributed by atoms with Gasteiger partial charge in [0.05, 0.1) is 6.61 Å². The number of aliphatic hydroxyl groups is 1. The van der Waals surface area contributed by atoms with Crippen molar-refractivity contribution >= 4 is 26.7 Å². The molecule has 3 heteroatoms. The minimum absolute atomic E-state index is 0.0351. The summed E-state index contributed by atoms with van der Waals surface area (Å²) in [4.78, 5) is 0. The first-order chi connectivity index (χ1) is 10.3. The fourth-order valence-corrected chi connectivity index (χ4v) is 2.67. The lowest BCUT2D eigenvalue weighted by Gasteiger charge is -2.12. The van der Waals surface area contributed by atoms with Gasteiger partial charge in [-0.1, -0.05) is 52.3 Å². The molecule has 0 bridgehead atoms. The molecule has 0 heterocycles. The van der Waals surface area contributed by atoms with Crippen molar-refractivity contribution in [2.45, 2.75) is 13.2 Å². The lowest BCUT2D eigenvalue weighted by Crippen LogP contribution is -1.99. The summed E-state index contributed by atoms with van der Waals surface area (Å²) in [5, 5.41) is 11.7. The monoisotopic (exact) mass is 342 g/mol. The van der Waals surface area contributed by atoms with Gasteiger partial charge in [-0.15, -0.1) is 0 Å². The fraction of sp³-hybridized carbons (Fsp3) is 0.111. The maximum atomic E-state index is 9.55. The molecule has 3 aromatic carbocycles. The van der Waals surface area contributed by atoms with Crippen LogP contribution in [0.5, 0.6) is 5.75 Å². The van der Waals surface area contributed by atoms with E-state index in [0.717, 1.165) is 32.1 Å². The summed E-state index contributed by atoms with van der Waals surface area (Å²) in [6.07, 6.45) is 0. The van der Waals surface area contributed by atoms with Gasteiger partial charge < -0.3 is 9.84 Å². The van der Waals surface area contributed by atoms with Gasteiger partial charge in [-0.25, -0.2) is 0 Å². The minimum atomic E-state index is -0.0351. The second-order valence-electron chi connectivity index (χ2n) is 4.88. The minimum Gasteiger partial charge on any atom is -0.489 e. The Labute approximate surface area is 132 Å². The first-order valence-corrected chi connectivity index (χ1v) is 7.55. The van der Waals surface area contributed by atoms with Crippen LogP contribution in [0.2, 0.25) is 0 Å². The Hall–Kier alpha value is -1.84. The van der Waals surface area contributed by atoms with Crippen molar-refractivity contribution < 1.29 is 9.84 Å². The van der Waals surface area contributed by atoms with Crippen LogP contribution < -0.4 is 4.74 Å². The van der Waals surface area contributed by atoms with E-state index >= 15 is 0 Å². The zero-order chi connectivity index (χ0) is 14.7. The Balaban J connectivity index is 1.91. The number of rotatable bonds is 4. The topological polar surface area (TPSA) is 29.5 Å². The zero-order valence-corrected chi connectivity index (χ0v) is 13.0. The predicted octanol–water partition coefficient (Wildman–Crippen LogP) is 4.67. The SMILES string of the molecule is OCc1cc2cc(Br)ccc2cc1OCc1ccccc1. The van der Waals surface area contributed by atoms with Crippen molar-refractivity contribution in [1.82, 2.24) is 0 Å². The number of benzene rings is 3. The highest BCUT2D eigenvalue weighted by atomic mass is 79.9. The smallest absolute Gasteiger partial charge is 0.125 e. The van der Waals surface area contributed by atoms with Gasteiger partial charge in [-0.3, -0.25) is 0 Å². The van der Waals surface area contributed by atoms with E-state index < -0.39 is 0 Å². The van der Waals surface area contributed by atoms with Crippen molar-refractivity contribution in [3.05, 3.63) is 76.3 Å². The summed E-state index contributed by atoms with van der Waals surface area (Å²) >= 11 is 3.46. The van der Waals surface area contributed by atoms with E-state index in [1.165, 1.54) is 0 Å². The van der Waals surface area contributed by atoms with E-state index in [1.54, 1.807) is 0 Å². The summed E-state index contributed by atoms with van der Waals surface area (Å²) in [6, 6.07) is 20.0. The summed E-state index contributed by atoms with van der Waals surface area (Å²) < 4.78 is 6.91. The van der Waals surface area contributed by atoms with Crippen LogP contribution in [0.3, 0.4) is 0 Å². The van der Waals surface area contributed by atoms with E-state index in [1.807, 2.05) is 60.7 Å². The van der Waals surface area contributed by atoms with Gasteiger partial charge in [0.15, 0.2) is 0 Å². The number of aliphatic hydroxyl groups excluding tert-OH is 1. The van der Waals surface area contributed by atoms with Crippen molar-refractivity contribution in [2.75, 3.05) is 0 Å². The maximum Gasteiger partial charge on any atom is 0.125 e. The van der Waals surface area contributed by atoms with Crippen molar-refractivity contribution in [1.29, 1.82) is 0 Å². The lowest BCUT2D eigenvalue weighted by atomic mass is 10.1. The molecule has 0 aliphatic heterocycles. The van der Waals surface area contributed by atoms with Crippen LogP contribution in [-0.4, -0.2) is 5.11 Å². The van der Waals surface area contributed by atoms with Crippen molar-refractivity contribution in [3.8, 4) is 5.75 Å². The average Bonchev–Trinajstić information content (AvgIpc) is 2.53. The van der Waals surface area contributed by atoms with E-state index in [0.29, 0.717) is 6.61 Å². The van der Waals surface area contributed by atoms with Crippen LogP contribution in [0.15, 0.2) is 65.1 Å². The molecular formula is C18H15BrO2. The maximum absolute atomic E-state index is 9.55. The van der Waals surface area contributed by atoms with E-state index in [4.69, 9.17) is 4.74 Å². The fourth-order valence-electron chi connectivity index (χ4n) is 2.29. The molecule has 21 heavy (non-hydrogen) atoms. The van der Waals surface area contributed by atoms with E-state index in [2.05, 4.69) is 15.9 Å². The molecule has 2 nitrogen and oxygen atoms in total. The number of hydrogen-bond donors (Lipinski definition) is 1. The second-order valence-corrected chi connectivity index (χ2v) is 5.80. The zero-order valence-electron chi connectivity index (χ0n) is 11.4. The molecule has 106 valence electrons. The molecule has 3 rings (SSSR count). The van der Waals surface area contributed by atoms with Gasteiger partial charge in [0, 0.05) is 10.0 Å². The summed E-state index contributed by atoms with van der Waals surface area (Å²) in [5.41, 5.74) is 1.91. The predicted molar refractivity (Wildman–Crippen MR) is 88.3 cm³/mol. The summed E-state index contributed by atoms with van der Waals surface area (Å²) in [6.45, 7) is 0.461. The first kappa shape index (κ1) is 14.1. The van der Waals surface area contributed by atoms with Gasteiger partial charge in [0.2, 0.25) is 0 Å². The Morgan fingerprint density at radius 3 is 2.48 bits per heavy atom. The third-order valence-electron chi connectivity index (χ3n) is 3.39. The standard InChI is InChI=1S/C18H15BrO2/c19-17-7-6-14-10-18(16(11-20)8-15(14)9-17)21-12-13-4-2-1-3-5-13/h1-10,20H,11-12H2. The van der Waals surface area contributed by atoms with E-state index in [-0.39, 0.29) is 6.61 Å². The third-order valence-corrected chi connectivity index (χ3v) is 3.88. The molecule has 0 unspecified atom stereocenters. The van der Waals surface area contributed by atoms with E-state index in [9.17, 15) is 5.11 Å². The first-order valence-electron chi connectivity index (χ1n) is 6.76. The molecule has 0 saturated heterocycles. The lowest BCUT2D eigenvalue weighted by molar-refractivity contribution is 0.259. The molecule has 0 saturated carbocycles. The normalized spacial score (nSPS) is 10.8. The highest BCUT2D eigenvalue weighted by Crippen LogP contribution is 2.29. The number of halogens is 1. The largest absolute Gasteiger partial charge is 0.489 e. The molecule has 0 aliphatic rings. The van der Waals surface area contributed by atoms with Crippen LogP contribution >= 0.6 is 15.9 Å². The van der Waals surface area contributed by atoms with Crippen LogP contribution in [0.1, 0.15) is 11.1 Å². The Bertz CT molecular complexity index is 754. The Morgan fingerprint density at radius 2 is 1.71 bits per heavy atom. The van der Waals surface area contributed by atoms with Crippen molar-refractivity contribution in [2.24, 2.45) is 0 Å². The highest BCUT2D eigenvalue weighted by Gasteiger charge is 2.06. The second kappa shape index (κ2) is 6.29. The molecule has 0 amide bonds. The summed E-state index contributed by atoms with van der Waals surface area (Å²) in [7, 11) is 0. The Morgan fingerprint density at radius 1 is 0.905 bits per heavy atom. The van der Waals surface area contributed by atoms with Gasteiger partial charge >= 0.3 is 0 Å². The highest BCUT2D eigenvalue weighted by molar-refractivity contribution is 9.10. The van der Waals surface area contributed by atoms with Crippen LogP contribution in [0.4, 0.5) is 0 Å². The molecule has 0 aliphatic carbocycles. The van der Waals surface area contributed by atoms with Gasteiger partial charge in [-0.05, 0) is 40.6 Å². The third kappa shape index (κ3) is 3.26. The molecule has 0 spiro atoms. The van der Waals surface area contributed by atoms with Crippen LogP contribution in [0.25, 0.3) is 10.8 Å². The van der Waals surface area contributed by atoms with Gasteiger partial charge in [-0.2, -0.15) is 0 Å². The van der Waals surface area contributed by atoms with Crippen LogP contribution in [-0.2, 0) is 13.2 Å². The van der Waals surface area contributed by atoms with Gasteiger partial charge in [0.25, 0.3) is 0 Å². The summed E-state index contributed by atoms with van der Waals surface area (Å²) in [5.74, 6) is 0.733. The molecule has 3 aromatic rings. The molecule has 0 atom stereocenters. The molecular weight excluding hydrogens is 328 g/mol.